The summed E-state index contributed by atoms with van der Waals surface area (Å²) in [6.45, 7) is 0. The molecule has 0 radical (unpaired) electrons. The number of pyridine rings is 1. The third-order valence-corrected chi connectivity index (χ3v) is 2.12. The number of anilines is 1. The molecule has 0 atom stereocenters. The molecule has 0 saturated heterocycles. The zero-order valence-electron chi connectivity index (χ0n) is 8.48. The molecule has 0 bridgehead atoms. The van der Waals surface area contributed by atoms with Gasteiger partial charge in [-0.15, -0.1) is 0 Å². The van der Waals surface area contributed by atoms with Gasteiger partial charge in [-0.3, -0.25) is 9.59 Å². The molecule has 0 unspecified atom stereocenters. The lowest BCUT2D eigenvalue weighted by Crippen LogP contribution is -2.15. The summed E-state index contributed by atoms with van der Waals surface area (Å²) in [7, 11) is 0. The summed E-state index contributed by atoms with van der Waals surface area (Å²) in [5.74, 6) is -0.128. The highest BCUT2D eigenvalue weighted by Crippen LogP contribution is 2.08. The van der Waals surface area contributed by atoms with Gasteiger partial charge in [0.15, 0.2) is 5.82 Å². The van der Waals surface area contributed by atoms with Gasteiger partial charge < -0.3 is 5.32 Å². The van der Waals surface area contributed by atoms with Crippen LogP contribution in [0.25, 0.3) is 0 Å². The third kappa shape index (κ3) is 2.88. The van der Waals surface area contributed by atoms with Crippen molar-refractivity contribution in [2.75, 3.05) is 5.32 Å². The first-order valence-corrected chi connectivity index (χ1v) is 5.01. The summed E-state index contributed by atoms with van der Waals surface area (Å²) < 4.78 is 0. The van der Waals surface area contributed by atoms with Gasteiger partial charge in [-0.25, -0.2) is 10.1 Å². The Labute approximate surface area is 101 Å². The summed E-state index contributed by atoms with van der Waals surface area (Å²) in [6.07, 6.45) is 1.43. The number of carbonyl (C=O) groups is 1. The molecular formula is C10H7ClN4O2. The fourth-order valence-corrected chi connectivity index (χ4v) is 1.32. The largest absolute Gasteiger partial charge is 0.305 e. The quantitative estimate of drug-likeness (QED) is 0.781. The van der Waals surface area contributed by atoms with Crippen LogP contribution in [0.4, 0.5) is 5.82 Å². The number of nitrogens with zero attached hydrogens (tertiary/aromatic N) is 2. The third-order valence-electron chi connectivity index (χ3n) is 1.91. The molecule has 1 amide bonds. The van der Waals surface area contributed by atoms with Gasteiger partial charge >= 0.3 is 0 Å². The SMILES string of the molecule is O=C(Nc1ccc(=O)[nH]n1)c1ccnc(Cl)c1. The maximum atomic E-state index is 11.7. The highest BCUT2D eigenvalue weighted by atomic mass is 35.5. The van der Waals surface area contributed by atoms with Crippen molar-refractivity contribution in [1.29, 1.82) is 0 Å². The Morgan fingerprint density at radius 2 is 2.18 bits per heavy atom. The Balaban J connectivity index is 2.17. The monoisotopic (exact) mass is 250 g/mol. The topological polar surface area (TPSA) is 87.7 Å². The number of nitrogens with one attached hydrogen (secondary N) is 2. The minimum absolute atomic E-state index is 0.229. The Morgan fingerprint density at radius 1 is 1.35 bits per heavy atom. The van der Waals surface area contributed by atoms with Crippen molar-refractivity contribution in [3.63, 3.8) is 0 Å². The lowest BCUT2D eigenvalue weighted by molar-refractivity contribution is 0.102. The Hall–Kier alpha value is -2.21. The van der Waals surface area contributed by atoms with Crippen LogP contribution in [0, 0.1) is 0 Å². The van der Waals surface area contributed by atoms with Crippen molar-refractivity contribution < 1.29 is 4.79 Å². The van der Waals surface area contributed by atoms with E-state index in [-0.39, 0.29) is 22.4 Å². The van der Waals surface area contributed by atoms with Gasteiger partial charge in [0.25, 0.3) is 11.5 Å². The van der Waals surface area contributed by atoms with Crippen LogP contribution in [-0.4, -0.2) is 21.1 Å². The Bertz CT molecular complexity index is 591. The molecule has 0 fully saturated rings. The summed E-state index contributed by atoms with van der Waals surface area (Å²) in [5.41, 5.74) is 0.0213. The van der Waals surface area contributed by atoms with Crippen LogP contribution in [-0.2, 0) is 0 Å². The van der Waals surface area contributed by atoms with E-state index < -0.39 is 0 Å². The molecule has 2 aromatic heterocycles. The number of hydrogen-bond acceptors (Lipinski definition) is 4. The van der Waals surface area contributed by atoms with Gasteiger partial charge in [0.2, 0.25) is 0 Å². The average Bonchev–Trinajstić information content (AvgIpc) is 2.32. The number of aromatic nitrogens is 3. The highest BCUT2D eigenvalue weighted by Gasteiger charge is 2.07. The van der Waals surface area contributed by atoms with Gasteiger partial charge in [0, 0.05) is 17.8 Å². The van der Waals surface area contributed by atoms with Gasteiger partial charge in [-0.2, -0.15) is 5.10 Å². The molecule has 7 heteroatoms. The molecule has 0 spiro atoms. The summed E-state index contributed by atoms with van der Waals surface area (Å²) >= 11 is 5.66. The minimum Gasteiger partial charge on any atom is -0.305 e. The van der Waals surface area contributed by atoms with Crippen LogP contribution in [0.15, 0.2) is 35.3 Å². The molecular weight excluding hydrogens is 244 g/mol. The van der Waals surface area contributed by atoms with Crippen molar-refractivity contribution in [3.8, 4) is 0 Å². The fraction of sp³-hybridized carbons (Fsp3) is 0. The van der Waals surface area contributed by atoms with Crippen LogP contribution >= 0.6 is 11.6 Å². The van der Waals surface area contributed by atoms with E-state index in [2.05, 4.69) is 20.5 Å². The molecule has 0 aliphatic rings. The van der Waals surface area contributed by atoms with E-state index in [1.807, 2.05) is 0 Å². The van der Waals surface area contributed by atoms with Gasteiger partial charge in [-0.05, 0) is 18.2 Å². The molecule has 2 N–H and O–H groups in total. The molecule has 0 aliphatic carbocycles. The standard InChI is InChI=1S/C10H7ClN4O2/c11-7-5-6(3-4-12-7)10(17)13-8-1-2-9(16)15-14-8/h1-5H,(H,15,16)(H,13,14,17). The first kappa shape index (κ1) is 11.3. The van der Waals surface area contributed by atoms with Crippen LogP contribution in [0.1, 0.15) is 10.4 Å². The number of hydrogen-bond donors (Lipinski definition) is 2. The molecule has 6 nitrogen and oxygen atoms in total. The minimum atomic E-state index is -0.381. The maximum absolute atomic E-state index is 11.7. The number of H-pyrrole nitrogens is 1. The summed E-state index contributed by atoms with van der Waals surface area (Å²) in [6, 6.07) is 5.62. The molecule has 2 heterocycles. The van der Waals surface area contributed by atoms with Gasteiger partial charge in [0.1, 0.15) is 5.15 Å². The average molecular weight is 251 g/mol. The van der Waals surface area contributed by atoms with Crippen molar-refractivity contribution in [2.24, 2.45) is 0 Å². The molecule has 0 saturated carbocycles. The second-order valence-electron chi connectivity index (χ2n) is 3.13. The second-order valence-corrected chi connectivity index (χ2v) is 3.52. The first-order chi connectivity index (χ1) is 8.15. The number of halogens is 1. The van der Waals surface area contributed by atoms with E-state index in [0.29, 0.717) is 5.56 Å². The summed E-state index contributed by atoms with van der Waals surface area (Å²) in [5, 5.41) is 8.59. The van der Waals surface area contributed by atoms with E-state index in [1.54, 1.807) is 0 Å². The number of carbonyl (C=O) groups excluding carboxylic acids is 1. The van der Waals surface area contributed by atoms with Crippen LogP contribution in [0.3, 0.4) is 0 Å². The maximum Gasteiger partial charge on any atom is 0.264 e. The van der Waals surface area contributed by atoms with Crippen molar-refractivity contribution in [2.45, 2.75) is 0 Å². The van der Waals surface area contributed by atoms with Crippen LogP contribution < -0.4 is 10.9 Å². The van der Waals surface area contributed by atoms with Crippen LogP contribution in [0.2, 0.25) is 5.15 Å². The van der Waals surface area contributed by atoms with E-state index in [0.717, 1.165) is 0 Å². The first-order valence-electron chi connectivity index (χ1n) is 4.64. The van der Waals surface area contributed by atoms with E-state index in [4.69, 9.17) is 11.6 Å². The fourth-order valence-electron chi connectivity index (χ4n) is 1.15. The zero-order valence-corrected chi connectivity index (χ0v) is 9.23. The lowest BCUT2D eigenvalue weighted by atomic mass is 10.2. The smallest absolute Gasteiger partial charge is 0.264 e. The molecule has 0 aliphatic heterocycles. The van der Waals surface area contributed by atoms with E-state index in [1.165, 1.54) is 30.5 Å². The molecule has 86 valence electrons. The molecule has 0 aromatic carbocycles. The highest BCUT2D eigenvalue weighted by molar-refractivity contribution is 6.29. The van der Waals surface area contributed by atoms with Crippen molar-refractivity contribution >= 4 is 23.3 Å². The Morgan fingerprint density at radius 3 is 2.82 bits per heavy atom. The molecule has 2 aromatic rings. The number of aromatic amines is 1. The van der Waals surface area contributed by atoms with Crippen molar-refractivity contribution in [3.05, 3.63) is 51.5 Å². The van der Waals surface area contributed by atoms with Crippen molar-refractivity contribution in [1.82, 2.24) is 15.2 Å². The molecule has 2 rings (SSSR count). The van der Waals surface area contributed by atoms with E-state index in [9.17, 15) is 9.59 Å². The normalized spacial score (nSPS) is 9.94. The predicted octanol–water partition coefficient (Wildman–Crippen LogP) is 1.07. The van der Waals surface area contributed by atoms with E-state index >= 15 is 0 Å². The van der Waals surface area contributed by atoms with Crippen LogP contribution in [0.5, 0.6) is 0 Å². The van der Waals surface area contributed by atoms with Gasteiger partial charge in [-0.1, -0.05) is 11.6 Å². The predicted molar refractivity (Wildman–Crippen MR) is 62.1 cm³/mol. The van der Waals surface area contributed by atoms with Gasteiger partial charge in [0.05, 0.1) is 0 Å². The number of amides is 1. The zero-order chi connectivity index (χ0) is 12.3. The lowest BCUT2D eigenvalue weighted by Gasteiger charge is -2.03. The summed E-state index contributed by atoms with van der Waals surface area (Å²) in [4.78, 5) is 26.3. The number of rotatable bonds is 2. The second kappa shape index (κ2) is 4.75. The molecule has 17 heavy (non-hydrogen) atoms. The Kier molecular flexibility index (Phi) is 3.15.